The first-order valence-corrected chi connectivity index (χ1v) is 8.64. The molecule has 1 aromatic carbocycles. The molecule has 0 spiro atoms. The average Bonchev–Trinajstić information content (AvgIpc) is 2.95. The van der Waals surface area contributed by atoms with E-state index >= 15 is 0 Å². The number of pyridine rings is 1. The van der Waals surface area contributed by atoms with Gasteiger partial charge in [-0.25, -0.2) is 4.98 Å². The molecule has 0 atom stereocenters. The van der Waals surface area contributed by atoms with Gasteiger partial charge < -0.3 is 5.73 Å². The summed E-state index contributed by atoms with van der Waals surface area (Å²) in [7, 11) is 0. The summed E-state index contributed by atoms with van der Waals surface area (Å²) in [6, 6.07) is 14.3. The Morgan fingerprint density at radius 1 is 1.13 bits per heavy atom. The number of thiophene rings is 1. The molecule has 0 bridgehead atoms. The van der Waals surface area contributed by atoms with Gasteiger partial charge >= 0.3 is 0 Å². The first-order chi connectivity index (χ1) is 11.0. The van der Waals surface area contributed by atoms with E-state index in [4.69, 9.17) is 5.73 Å². The van der Waals surface area contributed by atoms with Crippen LogP contribution in [0.15, 0.2) is 40.2 Å². The summed E-state index contributed by atoms with van der Waals surface area (Å²) in [5.41, 5.74) is 11.4. The number of hydrogen-bond donors (Lipinski definition) is 1. The molecule has 0 unspecified atom stereocenters. The molecule has 3 nitrogen and oxygen atoms in total. The van der Waals surface area contributed by atoms with Crippen LogP contribution in [-0.2, 0) is 0 Å². The molecular formula is C18H14BrN3S. The molecule has 2 aromatic heterocycles. The van der Waals surface area contributed by atoms with Crippen LogP contribution in [0.2, 0.25) is 0 Å². The van der Waals surface area contributed by atoms with Crippen molar-refractivity contribution in [2.75, 3.05) is 5.73 Å². The summed E-state index contributed by atoms with van der Waals surface area (Å²) in [5.74, 6) is 0.269. The first-order valence-electron chi connectivity index (χ1n) is 7.03. The number of aryl methyl sites for hydroxylation is 2. The number of benzene rings is 1. The van der Waals surface area contributed by atoms with E-state index in [1.54, 1.807) is 11.3 Å². The largest absolute Gasteiger partial charge is 0.383 e. The number of nitrogens with zero attached hydrogens (tertiary/aromatic N) is 2. The van der Waals surface area contributed by atoms with Crippen molar-refractivity contribution in [3.63, 3.8) is 0 Å². The molecule has 2 N–H and O–H groups in total. The maximum absolute atomic E-state index is 9.45. The third-order valence-electron chi connectivity index (χ3n) is 3.67. The van der Waals surface area contributed by atoms with Crippen LogP contribution in [0.25, 0.3) is 21.7 Å². The number of nitrogens with two attached hydrogens (primary N) is 1. The third kappa shape index (κ3) is 3.00. The zero-order valence-corrected chi connectivity index (χ0v) is 15.1. The van der Waals surface area contributed by atoms with Crippen molar-refractivity contribution < 1.29 is 0 Å². The molecule has 3 rings (SSSR count). The van der Waals surface area contributed by atoms with Gasteiger partial charge in [0.25, 0.3) is 0 Å². The van der Waals surface area contributed by atoms with E-state index < -0.39 is 0 Å². The number of aromatic nitrogens is 1. The summed E-state index contributed by atoms with van der Waals surface area (Å²) in [6.45, 7) is 4.10. The van der Waals surface area contributed by atoms with Crippen LogP contribution in [0.4, 0.5) is 5.82 Å². The molecule has 0 saturated carbocycles. The zero-order valence-electron chi connectivity index (χ0n) is 12.7. The average molecular weight is 384 g/mol. The van der Waals surface area contributed by atoms with Crippen LogP contribution < -0.4 is 5.73 Å². The van der Waals surface area contributed by atoms with Crippen molar-refractivity contribution in [1.29, 1.82) is 5.26 Å². The van der Waals surface area contributed by atoms with Crippen molar-refractivity contribution in [2.45, 2.75) is 13.8 Å². The fraction of sp³-hybridized carbons (Fsp3) is 0.111. The smallest absolute Gasteiger partial charge is 0.142 e. The Hall–Kier alpha value is -2.16. The van der Waals surface area contributed by atoms with Crippen molar-refractivity contribution >= 4 is 33.1 Å². The monoisotopic (exact) mass is 383 g/mol. The number of nitrogen functional groups attached to an aromatic ring is 1. The topological polar surface area (TPSA) is 62.7 Å². The summed E-state index contributed by atoms with van der Waals surface area (Å²) >= 11 is 5.04. The van der Waals surface area contributed by atoms with Gasteiger partial charge in [-0.15, -0.1) is 11.3 Å². The van der Waals surface area contributed by atoms with Crippen LogP contribution in [-0.4, -0.2) is 4.98 Å². The van der Waals surface area contributed by atoms with Gasteiger partial charge in [0.15, 0.2) is 0 Å². The molecule has 2 heterocycles. The van der Waals surface area contributed by atoms with Gasteiger partial charge in [0.1, 0.15) is 17.5 Å². The molecule has 0 amide bonds. The molecular weight excluding hydrogens is 370 g/mol. The summed E-state index contributed by atoms with van der Waals surface area (Å²) in [4.78, 5) is 5.45. The molecule has 3 aromatic rings. The SMILES string of the molecule is Cc1ccc(C)c(-c2cc(-c3ccc(Br)s3)c(C#N)c(N)n2)c1. The van der Waals surface area contributed by atoms with E-state index in [1.807, 2.05) is 32.0 Å². The van der Waals surface area contributed by atoms with Crippen molar-refractivity contribution in [3.05, 3.63) is 56.9 Å². The van der Waals surface area contributed by atoms with Gasteiger partial charge in [0, 0.05) is 16.0 Å². The predicted octanol–water partition coefficient (Wildman–Crippen LogP) is 5.31. The van der Waals surface area contributed by atoms with Crippen LogP contribution in [0.1, 0.15) is 16.7 Å². The highest BCUT2D eigenvalue weighted by Crippen LogP contribution is 2.37. The van der Waals surface area contributed by atoms with Crippen LogP contribution in [0.5, 0.6) is 0 Å². The van der Waals surface area contributed by atoms with Crippen LogP contribution in [0.3, 0.4) is 0 Å². The van der Waals surface area contributed by atoms with Crippen molar-refractivity contribution in [1.82, 2.24) is 4.98 Å². The highest BCUT2D eigenvalue weighted by molar-refractivity contribution is 9.11. The van der Waals surface area contributed by atoms with Gasteiger partial charge in [-0.3, -0.25) is 0 Å². The van der Waals surface area contributed by atoms with Crippen molar-refractivity contribution in [2.24, 2.45) is 0 Å². The maximum atomic E-state index is 9.45. The van der Waals surface area contributed by atoms with Gasteiger partial charge in [-0.1, -0.05) is 17.7 Å². The predicted molar refractivity (Wildman–Crippen MR) is 99.3 cm³/mol. The quantitative estimate of drug-likeness (QED) is 0.651. The molecule has 0 aliphatic heterocycles. The third-order valence-corrected chi connectivity index (χ3v) is 5.32. The van der Waals surface area contributed by atoms with Gasteiger partial charge in [-0.05, 0) is 59.6 Å². The number of hydrogen-bond acceptors (Lipinski definition) is 4. The molecule has 0 radical (unpaired) electrons. The maximum Gasteiger partial charge on any atom is 0.142 e. The molecule has 5 heteroatoms. The second-order valence-corrected chi connectivity index (χ2v) is 7.81. The van der Waals surface area contributed by atoms with Gasteiger partial charge in [-0.2, -0.15) is 5.26 Å². The minimum Gasteiger partial charge on any atom is -0.383 e. The fourth-order valence-corrected chi connectivity index (χ4v) is 3.89. The number of rotatable bonds is 2. The Balaban J connectivity index is 2.27. The Labute approximate surface area is 147 Å². The molecule has 0 fully saturated rings. The Morgan fingerprint density at radius 3 is 2.57 bits per heavy atom. The Bertz CT molecular complexity index is 938. The second kappa shape index (κ2) is 6.15. The molecule has 114 valence electrons. The molecule has 0 saturated heterocycles. The minimum absolute atomic E-state index is 0.269. The van der Waals surface area contributed by atoms with Gasteiger partial charge in [0.05, 0.1) is 9.48 Å². The summed E-state index contributed by atoms with van der Waals surface area (Å²) in [5, 5.41) is 9.45. The minimum atomic E-state index is 0.269. The molecule has 23 heavy (non-hydrogen) atoms. The molecule has 0 aliphatic rings. The lowest BCUT2D eigenvalue weighted by atomic mass is 9.99. The Kier molecular flexibility index (Phi) is 4.20. The summed E-state index contributed by atoms with van der Waals surface area (Å²) < 4.78 is 1.01. The number of halogens is 1. The van der Waals surface area contributed by atoms with E-state index in [1.165, 1.54) is 0 Å². The van der Waals surface area contributed by atoms with E-state index in [9.17, 15) is 5.26 Å². The lowest BCUT2D eigenvalue weighted by Crippen LogP contribution is -2.00. The lowest BCUT2D eigenvalue weighted by Gasteiger charge is -2.11. The van der Waals surface area contributed by atoms with Crippen LogP contribution >= 0.6 is 27.3 Å². The van der Waals surface area contributed by atoms with E-state index in [2.05, 4.69) is 45.2 Å². The molecule has 0 aliphatic carbocycles. The number of nitriles is 1. The highest BCUT2D eigenvalue weighted by Gasteiger charge is 2.15. The van der Waals surface area contributed by atoms with Crippen molar-refractivity contribution in [3.8, 4) is 27.8 Å². The second-order valence-electron chi connectivity index (χ2n) is 5.35. The first kappa shape index (κ1) is 15.7. The lowest BCUT2D eigenvalue weighted by molar-refractivity contribution is 1.29. The Morgan fingerprint density at radius 2 is 1.91 bits per heavy atom. The normalized spacial score (nSPS) is 10.5. The summed E-state index contributed by atoms with van der Waals surface area (Å²) in [6.07, 6.45) is 0. The van der Waals surface area contributed by atoms with E-state index in [0.29, 0.717) is 5.56 Å². The fourth-order valence-electron chi connectivity index (χ4n) is 2.49. The standard InChI is InChI=1S/C18H14BrN3S/c1-10-3-4-11(2)12(7-10)15-8-13(14(9-20)18(21)22-15)16-5-6-17(19)23-16/h3-8H,1-2H3,(H2,21,22). The van der Waals surface area contributed by atoms with E-state index in [-0.39, 0.29) is 5.82 Å². The number of anilines is 1. The van der Waals surface area contributed by atoms with E-state index in [0.717, 1.165) is 36.6 Å². The van der Waals surface area contributed by atoms with Gasteiger partial charge in [0.2, 0.25) is 0 Å². The zero-order chi connectivity index (χ0) is 16.6. The highest BCUT2D eigenvalue weighted by atomic mass is 79.9. The van der Waals surface area contributed by atoms with Crippen LogP contribution in [0, 0.1) is 25.2 Å².